The highest BCUT2D eigenvalue weighted by Gasteiger charge is 2.18. The Morgan fingerprint density at radius 3 is 2.07 bits per heavy atom. The molecule has 0 aliphatic heterocycles. The van der Waals surface area contributed by atoms with Crippen LogP contribution in [-0.4, -0.2) is 29.6 Å². The van der Waals surface area contributed by atoms with Crippen molar-refractivity contribution in [2.45, 2.75) is 122 Å². The first kappa shape index (κ1) is 25.7. The molecule has 29 heavy (non-hydrogen) atoms. The third-order valence-corrected chi connectivity index (χ3v) is 5.14. The Balaban J connectivity index is 3.49. The second-order valence-electron chi connectivity index (χ2n) is 7.93. The Hall–Kier alpha value is -1.36. The van der Waals surface area contributed by atoms with Crippen molar-refractivity contribution in [1.82, 2.24) is 5.32 Å². The van der Waals surface area contributed by atoms with Crippen LogP contribution in [0.5, 0.6) is 0 Å². The summed E-state index contributed by atoms with van der Waals surface area (Å²) in [5.74, 6) is -1.12. The summed E-state index contributed by atoms with van der Waals surface area (Å²) >= 11 is 0. The fraction of sp³-hybridized carbons (Fsp3) is 0.833. The zero-order valence-electron chi connectivity index (χ0n) is 19.5. The van der Waals surface area contributed by atoms with Gasteiger partial charge in [0, 0.05) is 7.79 Å². The number of carboxylic acids is 1. The second-order valence-corrected chi connectivity index (χ2v) is 7.93. The number of carboxylic acid groups (broad SMARTS) is 1. The Bertz CT molecular complexity index is 444. The summed E-state index contributed by atoms with van der Waals surface area (Å²) in [5.41, 5.74) is 5.42. The number of nitrogens with two attached hydrogens (primary N) is 1. The molecule has 0 spiro atoms. The van der Waals surface area contributed by atoms with Crippen LogP contribution in [-0.2, 0) is 9.59 Å². The van der Waals surface area contributed by atoms with Gasteiger partial charge in [-0.15, -0.1) is 0 Å². The summed E-state index contributed by atoms with van der Waals surface area (Å²) in [5, 5.41) is 11.8. The van der Waals surface area contributed by atoms with Crippen LogP contribution in [0.1, 0.15) is 117 Å². The zero-order chi connectivity index (χ0) is 22.3. The number of carbonyl (C=O) groups excluding carboxylic acids is 1. The van der Waals surface area contributed by atoms with Gasteiger partial charge in [0.15, 0.2) is 0 Å². The van der Waals surface area contributed by atoms with Crippen molar-refractivity contribution in [3.05, 3.63) is 12.2 Å². The van der Waals surface area contributed by atoms with Crippen LogP contribution in [0.25, 0.3) is 0 Å². The average Bonchev–Trinajstić information content (AvgIpc) is 2.72. The van der Waals surface area contributed by atoms with Crippen molar-refractivity contribution < 1.29 is 16.1 Å². The predicted octanol–water partition coefficient (Wildman–Crippen LogP) is 5.72. The molecule has 170 valence electrons. The lowest BCUT2D eigenvalue weighted by atomic mass is 10.1. The van der Waals surface area contributed by atoms with E-state index in [1.54, 1.807) is 0 Å². The molecule has 5 nitrogen and oxygen atoms in total. The van der Waals surface area contributed by atoms with Crippen molar-refractivity contribution in [2.24, 2.45) is 5.73 Å². The molecule has 0 heterocycles. The molecule has 0 saturated heterocycles. The van der Waals surface area contributed by atoms with E-state index in [0.717, 1.165) is 44.9 Å². The molecule has 1 atom stereocenters. The highest BCUT2D eigenvalue weighted by atomic mass is 16.4. The van der Waals surface area contributed by atoms with Crippen molar-refractivity contribution in [3.63, 3.8) is 0 Å². The van der Waals surface area contributed by atoms with Crippen LogP contribution < -0.4 is 11.1 Å². The number of rotatable bonds is 21. The van der Waals surface area contributed by atoms with Crippen LogP contribution >= 0.6 is 0 Å². The molecule has 0 aromatic rings. The molecular weight excluding hydrogens is 364 g/mol. The summed E-state index contributed by atoms with van der Waals surface area (Å²) in [6.07, 6.45) is 22.0. The largest absolute Gasteiger partial charge is 0.480 e. The maximum absolute atomic E-state index is 11.9. The summed E-state index contributed by atoms with van der Waals surface area (Å²) in [6.45, 7) is 1.12. The topological polar surface area (TPSA) is 92.4 Å². The lowest BCUT2D eigenvalue weighted by molar-refractivity contribution is -0.142. The smallest absolute Gasteiger partial charge is 0.326 e. The third-order valence-electron chi connectivity index (χ3n) is 5.14. The first-order chi connectivity index (χ1) is 14.6. The van der Waals surface area contributed by atoms with Gasteiger partial charge in [-0.2, -0.15) is 0 Å². The van der Waals surface area contributed by atoms with Crippen molar-refractivity contribution >= 4 is 11.9 Å². The van der Waals surface area contributed by atoms with E-state index in [-0.39, 0.29) is 5.91 Å². The number of carbonyl (C=O) groups is 2. The summed E-state index contributed by atoms with van der Waals surface area (Å²) in [6, 6.07) is -0.787. The van der Waals surface area contributed by atoms with Crippen LogP contribution in [0, 0.1) is 0 Å². The quantitative estimate of drug-likeness (QED) is 0.166. The molecular formula is C24H46N2O3. The Kier molecular flexibility index (Phi) is 18.9. The van der Waals surface area contributed by atoms with Crippen LogP contribution in [0.2, 0.25) is 0 Å². The second kappa shape index (κ2) is 21.4. The molecule has 0 radical (unpaired) electrons. The third kappa shape index (κ3) is 19.7. The minimum atomic E-state index is -0.964. The van der Waals surface area contributed by atoms with E-state index in [1.807, 2.05) is 0 Å². The highest BCUT2D eigenvalue weighted by molar-refractivity contribution is 5.83. The minimum absolute atomic E-state index is 0.158. The molecule has 0 saturated carbocycles. The van der Waals surface area contributed by atoms with Gasteiger partial charge >= 0.3 is 5.97 Å². The van der Waals surface area contributed by atoms with Gasteiger partial charge in [0.05, 0.1) is 0 Å². The molecule has 0 aromatic heterocycles. The Morgan fingerprint density at radius 1 is 0.897 bits per heavy atom. The highest BCUT2D eigenvalue weighted by Crippen LogP contribution is 2.10. The van der Waals surface area contributed by atoms with E-state index in [1.165, 1.54) is 51.4 Å². The van der Waals surface area contributed by atoms with E-state index in [4.69, 9.17) is 7.10 Å². The van der Waals surface area contributed by atoms with E-state index >= 15 is 0 Å². The number of hydrogen-bond donors (Lipinski definition) is 3. The maximum Gasteiger partial charge on any atom is 0.326 e. The molecule has 0 rings (SSSR count). The average molecular weight is 412 g/mol. The molecule has 5 heteroatoms. The normalized spacial score (nSPS) is 12.8. The molecule has 0 bridgehead atoms. The van der Waals surface area contributed by atoms with E-state index < -0.39 is 12.0 Å². The van der Waals surface area contributed by atoms with Crippen molar-refractivity contribution in [3.8, 4) is 0 Å². The predicted molar refractivity (Wildman–Crippen MR) is 122 cm³/mol. The first-order valence-corrected chi connectivity index (χ1v) is 11.8. The molecule has 0 aromatic carbocycles. The Labute approximate surface area is 180 Å². The summed E-state index contributed by atoms with van der Waals surface area (Å²) in [4.78, 5) is 23.1. The summed E-state index contributed by atoms with van der Waals surface area (Å²) in [7, 11) is 0. The minimum Gasteiger partial charge on any atom is -0.480 e. The van der Waals surface area contributed by atoms with Gasteiger partial charge in [-0.3, -0.25) is 4.79 Å². The van der Waals surface area contributed by atoms with E-state index in [2.05, 4.69) is 17.5 Å². The number of unbranched alkanes of at least 4 members (excludes halogenated alkanes) is 12. The maximum atomic E-state index is 11.9. The van der Waals surface area contributed by atoms with Gasteiger partial charge in [0.25, 0.3) is 0 Å². The van der Waals surface area contributed by atoms with Gasteiger partial charge in [-0.1, -0.05) is 70.4 Å². The first-order valence-electron chi connectivity index (χ1n) is 12.5. The number of amides is 1. The number of allylic oxidation sites excluding steroid dienone is 2. The fourth-order valence-electron chi connectivity index (χ4n) is 3.30. The Morgan fingerprint density at radius 2 is 1.48 bits per heavy atom. The number of aliphatic carboxylic acids is 1. The summed E-state index contributed by atoms with van der Waals surface area (Å²) < 4.78 is 7.11. The van der Waals surface area contributed by atoms with Crippen LogP contribution in [0.4, 0.5) is 0 Å². The van der Waals surface area contributed by atoms with Gasteiger partial charge in [0.1, 0.15) is 6.04 Å². The van der Waals surface area contributed by atoms with E-state index in [9.17, 15) is 14.7 Å². The van der Waals surface area contributed by atoms with Crippen molar-refractivity contribution in [1.29, 1.82) is 0 Å². The SMILES string of the molecule is [2H]CCCCCCCC/C=C\CCCCCCCC(=O)N[C@@H](CCCCN)C(=O)O. The molecule has 4 N–H and O–H groups in total. The fourth-order valence-corrected chi connectivity index (χ4v) is 3.30. The van der Waals surface area contributed by atoms with Crippen molar-refractivity contribution in [2.75, 3.05) is 6.54 Å². The molecule has 0 fully saturated rings. The van der Waals surface area contributed by atoms with Gasteiger partial charge in [0.2, 0.25) is 5.91 Å². The van der Waals surface area contributed by atoms with E-state index in [0.29, 0.717) is 26.3 Å². The lowest BCUT2D eigenvalue weighted by Gasteiger charge is -2.14. The molecule has 0 unspecified atom stereocenters. The number of nitrogens with one attached hydrogen (secondary N) is 1. The standard InChI is InChI=1S/C24H46N2O3/c1-2-3-4-5-6-7-8-9-10-11-12-13-14-15-16-20-23(27)26-22(24(28)29)19-17-18-21-25/h9-10,22H,2-8,11-21,25H2,1H3,(H,26,27)(H,28,29)/b10-9-/t22-/m0/s1/i1D. The lowest BCUT2D eigenvalue weighted by Crippen LogP contribution is -2.40. The van der Waals surface area contributed by atoms with Gasteiger partial charge < -0.3 is 16.2 Å². The van der Waals surface area contributed by atoms with Crippen LogP contribution in [0.15, 0.2) is 12.2 Å². The number of hydrogen-bond acceptors (Lipinski definition) is 3. The molecule has 1 amide bonds. The monoisotopic (exact) mass is 411 g/mol. The van der Waals surface area contributed by atoms with Gasteiger partial charge in [-0.25, -0.2) is 4.79 Å². The zero-order valence-corrected chi connectivity index (χ0v) is 18.5. The molecule has 0 aliphatic carbocycles. The molecule has 0 aliphatic rings. The van der Waals surface area contributed by atoms with Crippen LogP contribution in [0.3, 0.4) is 0 Å². The van der Waals surface area contributed by atoms with Gasteiger partial charge in [-0.05, 0) is 57.9 Å².